The summed E-state index contributed by atoms with van der Waals surface area (Å²) in [5.74, 6) is 3.86. The molecule has 0 spiro atoms. The molecule has 0 aliphatic heterocycles. The molecule has 1 aromatic carbocycles. The van der Waals surface area contributed by atoms with Crippen LogP contribution in [0.5, 0.6) is 11.5 Å². The number of aromatic nitrogens is 6. The highest BCUT2D eigenvalue weighted by molar-refractivity contribution is 7.98. The van der Waals surface area contributed by atoms with E-state index in [0.717, 1.165) is 5.76 Å². The molecule has 3 heterocycles. The topological polar surface area (TPSA) is 124 Å². The Kier molecular flexibility index (Phi) is 5.12. The molecule has 11 heteroatoms. The summed E-state index contributed by atoms with van der Waals surface area (Å²) in [5, 5.41) is 15.5. The first-order valence-corrected chi connectivity index (χ1v) is 9.59. The number of rotatable bonds is 7. The van der Waals surface area contributed by atoms with Crippen molar-refractivity contribution < 1.29 is 13.9 Å². The van der Waals surface area contributed by atoms with E-state index in [-0.39, 0.29) is 5.69 Å². The Bertz CT molecular complexity index is 1170. The van der Waals surface area contributed by atoms with Gasteiger partial charge in [-0.2, -0.15) is 5.10 Å². The van der Waals surface area contributed by atoms with Crippen molar-refractivity contribution in [1.82, 2.24) is 29.9 Å². The van der Waals surface area contributed by atoms with Crippen LogP contribution in [-0.2, 0) is 5.75 Å². The van der Waals surface area contributed by atoms with Crippen molar-refractivity contribution in [2.45, 2.75) is 17.8 Å². The lowest BCUT2D eigenvalue weighted by Gasteiger charge is -2.16. The fraction of sp³-hybridized carbons (Fsp3) is 0.222. The third-order valence-corrected chi connectivity index (χ3v) is 5.05. The molecule has 3 aromatic heterocycles. The van der Waals surface area contributed by atoms with Crippen LogP contribution in [0.2, 0.25) is 0 Å². The number of para-hydroxylation sites is 1. The summed E-state index contributed by atoms with van der Waals surface area (Å²) in [6, 6.07) is 9.18. The molecule has 0 unspecified atom stereocenters. The largest absolute Gasteiger partial charge is 0.494 e. The van der Waals surface area contributed by atoms with Crippen LogP contribution in [0.15, 0.2) is 44.7 Å². The number of H-pyrrole nitrogens is 2. The summed E-state index contributed by atoms with van der Waals surface area (Å²) in [5.41, 5.74) is 0.282. The number of methoxy groups -OCH3 is 2. The van der Waals surface area contributed by atoms with E-state index in [2.05, 4.69) is 25.4 Å². The number of nitrogens with zero attached hydrogens (tertiary/aromatic N) is 4. The standard InChI is InChI=1S/C18H18N6O4S/c1-10-7-8-13(28-10)16-21-23-18(29-9-14-19-17(25)22-20-14)24(16)15-11(26-2)5-4-6-12(15)27-3/h4-8H,9H2,1-3H3,(H2,19,20,22,25). The van der Waals surface area contributed by atoms with Crippen molar-refractivity contribution in [2.75, 3.05) is 14.2 Å². The smallest absolute Gasteiger partial charge is 0.340 e. The minimum atomic E-state index is -0.361. The van der Waals surface area contributed by atoms with Gasteiger partial charge in [0.15, 0.2) is 10.9 Å². The van der Waals surface area contributed by atoms with Crippen molar-refractivity contribution in [3.05, 3.63) is 52.4 Å². The number of furan rings is 1. The molecule has 0 radical (unpaired) electrons. The minimum absolute atomic E-state index is 0.361. The van der Waals surface area contributed by atoms with Gasteiger partial charge in [-0.1, -0.05) is 17.8 Å². The van der Waals surface area contributed by atoms with Gasteiger partial charge in [-0.25, -0.2) is 9.89 Å². The van der Waals surface area contributed by atoms with Crippen LogP contribution < -0.4 is 15.2 Å². The Morgan fingerprint density at radius 2 is 1.90 bits per heavy atom. The summed E-state index contributed by atoms with van der Waals surface area (Å²) in [6.45, 7) is 1.86. The van der Waals surface area contributed by atoms with E-state index in [1.807, 2.05) is 41.8 Å². The van der Waals surface area contributed by atoms with Gasteiger partial charge in [0.05, 0.1) is 20.0 Å². The second-order valence-electron chi connectivity index (χ2n) is 5.98. The molecule has 0 bridgehead atoms. The van der Waals surface area contributed by atoms with Gasteiger partial charge >= 0.3 is 5.69 Å². The SMILES string of the molecule is COc1cccc(OC)c1-n1c(SCc2n[nH]c(=O)[nH]2)nnc1-c1ccc(C)o1. The molecule has 29 heavy (non-hydrogen) atoms. The van der Waals surface area contributed by atoms with Crippen LogP contribution in [-0.4, -0.2) is 44.2 Å². The second-order valence-corrected chi connectivity index (χ2v) is 6.92. The number of nitrogens with one attached hydrogen (secondary N) is 2. The van der Waals surface area contributed by atoms with Crippen molar-refractivity contribution in [3.63, 3.8) is 0 Å². The van der Waals surface area contributed by atoms with Crippen molar-refractivity contribution >= 4 is 11.8 Å². The van der Waals surface area contributed by atoms with Gasteiger partial charge in [0, 0.05) is 0 Å². The first-order chi connectivity index (χ1) is 14.1. The summed E-state index contributed by atoms with van der Waals surface area (Å²) >= 11 is 1.35. The van der Waals surface area contributed by atoms with E-state index in [9.17, 15) is 4.79 Å². The summed E-state index contributed by atoms with van der Waals surface area (Å²) in [4.78, 5) is 13.9. The van der Waals surface area contributed by atoms with E-state index in [1.165, 1.54) is 11.8 Å². The summed E-state index contributed by atoms with van der Waals surface area (Å²) in [6.07, 6.45) is 0. The van der Waals surface area contributed by atoms with Gasteiger partial charge < -0.3 is 13.9 Å². The number of hydrogen-bond acceptors (Lipinski definition) is 8. The Morgan fingerprint density at radius 3 is 2.48 bits per heavy atom. The number of aryl methyl sites for hydroxylation is 1. The first kappa shape index (κ1) is 18.9. The van der Waals surface area contributed by atoms with Crippen LogP contribution in [0, 0.1) is 6.92 Å². The normalized spacial score (nSPS) is 11.0. The number of thioether (sulfide) groups is 1. The number of ether oxygens (including phenoxy) is 2. The maximum Gasteiger partial charge on any atom is 0.340 e. The van der Waals surface area contributed by atoms with E-state index in [1.54, 1.807) is 14.2 Å². The van der Waals surface area contributed by atoms with Crippen LogP contribution in [0.3, 0.4) is 0 Å². The molecule has 4 rings (SSSR count). The highest BCUT2D eigenvalue weighted by atomic mass is 32.2. The number of benzene rings is 1. The maximum absolute atomic E-state index is 11.3. The molecular weight excluding hydrogens is 396 g/mol. The van der Waals surface area contributed by atoms with Crippen LogP contribution in [0.1, 0.15) is 11.6 Å². The van der Waals surface area contributed by atoms with Crippen LogP contribution in [0.25, 0.3) is 17.3 Å². The molecular formula is C18H18N6O4S. The highest BCUT2D eigenvalue weighted by Gasteiger charge is 2.24. The average Bonchev–Trinajstić information content (AvgIpc) is 3.45. The van der Waals surface area contributed by atoms with Crippen LogP contribution >= 0.6 is 11.8 Å². The fourth-order valence-electron chi connectivity index (χ4n) is 2.84. The fourth-order valence-corrected chi connectivity index (χ4v) is 3.65. The summed E-state index contributed by atoms with van der Waals surface area (Å²) in [7, 11) is 3.17. The average molecular weight is 414 g/mol. The third-order valence-electron chi connectivity index (χ3n) is 4.11. The van der Waals surface area contributed by atoms with Crippen LogP contribution in [0.4, 0.5) is 0 Å². The molecule has 0 saturated heterocycles. The monoisotopic (exact) mass is 414 g/mol. The number of aromatic amines is 2. The zero-order valence-corrected chi connectivity index (χ0v) is 16.7. The van der Waals surface area contributed by atoms with E-state index in [0.29, 0.717) is 45.5 Å². The van der Waals surface area contributed by atoms with Crippen molar-refractivity contribution in [1.29, 1.82) is 0 Å². The second kappa shape index (κ2) is 7.87. The molecule has 0 aliphatic carbocycles. The van der Waals surface area contributed by atoms with Gasteiger partial charge in [-0.05, 0) is 31.2 Å². The summed E-state index contributed by atoms with van der Waals surface area (Å²) < 4.78 is 18.7. The Morgan fingerprint density at radius 1 is 1.14 bits per heavy atom. The van der Waals surface area contributed by atoms with Gasteiger partial charge in [-0.3, -0.25) is 9.55 Å². The molecule has 0 saturated carbocycles. The van der Waals surface area contributed by atoms with Gasteiger partial charge in [0.25, 0.3) is 0 Å². The third kappa shape index (κ3) is 3.63. The molecule has 4 aromatic rings. The van der Waals surface area contributed by atoms with Gasteiger partial charge in [0.2, 0.25) is 5.82 Å². The van der Waals surface area contributed by atoms with Gasteiger partial charge in [0.1, 0.15) is 28.8 Å². The Balaban J connectivity index is 1.85. The molecule has 0 aliphatic rings. The predicted octanol–water partition coefficient (Wildman–Crippen LogP) is 2.56. The predicted molar refractivity (Wildman–Crippen MR) is 106 cm³/mol. The number of hydrogen-bond donors (Lipinski definition) is 2. The van der Waals surface area contributed by atoms with E-state index in [4.69, 9.17) is 13.9 Å². The lowest BCUT2D eigenvalue weighted by Crippen LogP contribution is -2.05. The lowest BCUT2D eigenvalue weighted by molar-refractivity contribution is 0.390. The molecule has 2 N–H and O–H groups in total. The Hall–Kier alpha value is -3.47. The van der Waals surface area contributed by atoms with Crippen molar-refractivity contribution in [3.8, 4) is 28.8 Å². The molecule has 150 valence electrons. The molecule has 10 nitrogen and oxygen atoms in total. The minimum Gasteiger partial charge on any atom is -0.494 e. The van der Waals surface area contributed by atoms with Gasteiger partial charge in [-0.15, -0.1) is 10.2 Å². The molecule has 0 fully saturated rings. The zero-order chi connectivity index (χ0) is 20.4. The lowest BCUT2D eigenvalue weighted by atomic mass is 10.2. The van der Waals surface area contributed by atoms with E-state index >= 15 is 0 Å². The van der Waals surface area contributed by atoms with Crippen molar-refractivity contribution in [2.24, 2.45) is 0 Å². The van der Waals surface area contributed by atoms with E-state index < -0.39 is 0 Å². The molecule has 0 amide bonds. The highest BCUT2D eigenvalue weighted by Crippen LogP contribution is 2.38. The quantitative estimate of drug-likeness (QED) is 0.442. The molecule has 0 atom stereocenters. The first-order valence-electron chi connectivity index (χ1n) is 8.60. The zero-order valence-electron chi connectivity index (χ0n) is 15.9. The maximum atomic E-state index is 11.3. The Labute approximate surface area is 169 Å².